The number of phenols is 1. The zero-order chi connectivity index (χ0) is 25.7. The summed E-state index contributed by atoms with van der Waals surface area (Å²) in [6, 6.07) is 5.31. The van der Waals surface area contributed by atoms with Gasteiger partial charge in [0.1, 0.15) is 12.5 Å². The molecule has 4 N–H and O–H groups in total. The van der Waals surface area contributed by atoms with Crippen LogP contribution >= 0.6 is 0 Å². The van der Waals surface area contributed by atoms with E-state index in [2.05, 4.69) is 17.2 Å². The number of methoxy groups -OCH3 is 1. The first kappa shape index (κ1) is 25.8. The fourth-order valence-corrected chi connectivity index (χ4v) is 4.77. The van der Waals surface area contributed by atoms with Gasteiger partial charge in [-0.25, -0.2) is 0 Å². The van der Waals surface area contributed by atoms with Gasteiger partial charge in [-0.1, -0.05) is 24.0 Å². The van der Waals surface area contributed by atoms with Crippen LogP contribution in [-0.2, 0) is 30.5 Å². The average molecular weight is 496 g/mol. The number of ketones is 1. The molecular weight excluding hydrogens is 462 g/mol. The van der Waals surface area contributed by atoms with Gasteiger partial charge in [-0.2, -0.15) is 0 Å². The Bertz CT molecular complexity index is 1180. The molecule has 0 unspecified atom stereocenters. The van der Waals surface area contributed by atoms with Gasteiger partial charge in [0.25, 0.3) is 0 Å². The van der Waals surface area contributed by atoms with E-state index in [1.165, 1.54) is 13.2 Å². The maximum atomic E-state index is 12.6. The summed E-state index contributed by atoms with van der Waals surface area (Å²) in [6.45, 7) is 0.247. The van der Waals surface area contributed by atoms with Crippen molar-refractivity contribution in [3.8, 4) is 34.8 Å². The van der Waals surface area contributed by atoms with Crippen molar-refractivity contribution >= 4 is 5.78 Å². The molecule has 2 bridgehead atoms. The molecule has 36 heavy (non-hydrogen) atoms. The average Bonchev–Trinajstić information content (AvgIpc) is 2.86. The van der Waals surface area contributed by atoms with Gasteiger partial charge in [-0.05, 0) is 49.9 Å². The number of fused-ring (bicyclic) bond motifs is 5. The van der Waals surface area contributed by atoms with Crippen LogP contribution in [0.15, 0.2) is 18.2 Å². The van der Waals surface area contributed by atoms with E-state index in [1.54, 1.807) is 13.1 Å². The van der Waals surface area contributed by atoms with Crippen molar-refractivity contribution in [2.45, 2.75) is 63.8 Å². The second-order valence-electron chi connectivity index (χ2n) is 9.15. The van der Waals surface area contributed by atoms with Crippen LogP contribution in [-0.4, -0.2) is 54.4 Å². The molecule has 2 aromatic carbocycles. The molecular formula is C28H33NO7. The summed E-state index contributed by atoms with van der Waals surface area (Å²) in [5.41, 5.74) is 4.05. The highest BCUT2D eigenvalue weighted by Crippen LogP contribution is 2.42. The molecule has 0 radical (unpaired) electrons. The van der Waals surface area contributed by atoms with E-state index in [-0.39, 0.29) is 36.9 Å². The number of Topliss-reactive ketones (excluding diaryl/α,β-unsaturated/α-hetero) is 1. The molecule has 192 valence electrons. The normalized spacial score (nSPS) is 19.9. The van der Waals surface area contributed by atoms with Gasteiger partial charge in [0.05, 0.1) is 18.8 Å². The van der Waals surface area contributed by atoms with E-state index in [9.17, 15) is 20.1 Å². The molecule has 4 rings (SSSR count). The zero-order valence-electron chi connectivity index (χ0n) is 20.7. The number of ether oxygens (including phenoxy) is 3. The minimum Gasteiger partial charge on any atom is -0.504 e. The van der Waals surface area contributed by atoms with Gasteiger partial charge in [-0.3, -0.25) is 10.1 Å². The van der Waals surface area contributed by atoms with E-state index in [0.29, 0.717) is 55.6 Å². The first-order valence-electron chi connectivity index (χ1n) is 12.3. The molecule has 0 saturated carbocycles. The van der Waals surface area contributed by atoms with Crippen molar-refractivity contribution in [3.05, 3.63) is 46.0 Å². The quantitative estimate of drug-likeness (QED) is 0.377. The zero-order valence-corrected chi connectivity index (χ0v) is 20.7. The Morgan fingerprint density at radius 1 is 1.08 bits per heavy atom. The van der Waals surface area contributed by atoms with E-state index < -0.39 is 12.4 Å². The summed E-state index contributed by atoms with van der Waals surface area (Å²) in [7, 11) is 3.24. The predicted octanol–water partition coefficient (Wildman–Crippen LogP) is 2.39. The van der Waals surface area contributed by atoms with Crippen LogP contribution < -0.4 is 19.5 Å². The second-order valence-corrected chi connectivity index (χ2v) is 9.15. The van der Waals surface area contributed by atoms with Gasteiger partial charge in [-0.15, -0.1) is 0 Å². The Labute approximate surface area is 211 Å². The summed E-state index contributed by atoms with van der Waals surface area (Å²) < 4.78 is 17.3. The van der Waals surface area contributed by atoms with Crippen molar-refractivity contribution in [2.24, 2.45) is 0 Å². The van der Waals surface area contributed by atoms with Gasteiger partial charge in [0.2, 0.25) is 0 Å². The number of aliphatic hydroxyl groups is 2. The summed E-state index contributed by atoms with van der Waals surface area (Å²) >= 11 is 0. The predicted molar refractivity (Wildman–Crippen MR) is 133 cm³/mol. The van der Waals surface area contributed by atoms with Crippen LogP contribution in [0.25, 0.3) is 0 Å². The van der Waals surface area contributed by atoms with Crippen molar-refractivity contribution in [1.82, 2.24) is 5.32 Å². The Kier molecular flexibility index (Phi) is 8.36. The smallest absolute Gasteiger partial charge is 0.197 e. The minimum absolute atomic E-state index is 0.0262. The molecule has 0 spiro atoms. The maximum Gasteiger partial charge on any atom is 0.197 e. The molecule has 1 aliphatic heterocycles. The molecule has 2 aliphatic rings. The third-order valence-corrected chi connectivity index (χ3v) is 6.57. The Hall–Kier alpha value is -3.25. The lowest BCUT2D eigenvalue weighted by Gasteiger charge is -2.28. The number of benzene rings is 2. The summed E-state index contributed by atoms with van der Waals surface area (Å²) in [6.07, 6.45) is 1.46. The first-order chi connectivity index (χ1) is 17.4. The number of carbonyl (C=O) groups is 1. The van der Waals surface area contributed by atoms with Crippen LogP contribution in [0, 0.1) is 11.8 Å². The first-order valence-corrected chi connectivity index (χ1v) is 12.3. The number of aromatic hydroxyl groups is 1. The molecule has 1 aliphatic carbocycles. The van der Waals surface area contributed by atoms with Gasteiger partial charge >= 0.3 is 0 Å². The van der Waals surface area contributed by atoms with Crippen LogP contribution in [0.4, 0.5) is 0 Å². The van der Waals surface area contributed by atoms with E-state index in [0.717, 1.165) is 22.3 Å². The molecule has 0 saturated heterocycles. The van der Waals surface area contributed by atoms with Crippen LogP contribution in [0.2, 0.25) is 0 Å². The van der Waals surface area contributed by atoms with Gasteiger partial charge in [0, 0.05) is 36.8 Å². The molecule has 0 fully saturated rings. The molecule has 8 nitrogen and oxygen atoms in total. The fourth-order valence-electron chi connectivity index (χ4n) is 4.77. The highest BCUT2D eigenvalue weighted by atomic mass is 16.6. The fraction of sp³-hybridized carbons (Fsp3) is 0.464. The third-order valence-electron chi connectivity index (χ3n) is 6.57. The third kappa shape index (κ3) is 5.76. The van der Waals surface area contributed by atoms with Gasteiger partial charge in [0.15, 0.2) is 29.3 Å². The number of aliphatic hydroxyl groups excluding tert-OH is 2. The maximum absolute atomic E-state index is 12.6. The lowest BCUT2D eigenvalue weighted by molar-refractivity contribution is -0.121. The van der Waals surface area contributed by atoms with Crippen LogP contribution in [0.1, 0.15) is 53.5 Å². The molecule has 0 amide bonds. The number of nitrogens with one attached hydrogen (secondary N) is 1. The highest BCUT2D eigenvalue weighted by Gasteiger charge is 2.27. The number of rotatable bonds is 4. The highest BCUT2D eigenvalue weighted by molar-refractivity contribution is 5.79. The molecule has 1 heterocycles. The molecule has 0 aromatic heterocycles. The molecule has 2 atom stereocenters. The molecule has 2 aromatic rings. The minimum atomic E-state index is -0.931. The van der Waals surface area contributed by atoms with Crippen molar-refractivity contribution in [2.75, 3.05) is 20.9 Å². The lowest BCUT2D eigenvalue weighted by Crippen LogP contribution is -2.25. The number of phenolic OH excluding ortho intramolecular Hbond substituents is 1. The standard InChI is InChI=1S/C28H33NO7/c1-29-16-35-26-19-4-3-5-22-17(8-12-24(32)27(22)34-2)6-9-20(30)15-21(31)10-7-18(14-19)23-11-13-25(33)36-28(23)26/h8,12,14,21,25,29,31-33H,4,6-7,9-11,13,15-16H2,1-2H3/t21-,25+/m1/s1. The van der Waals surface area contributed by atoms with E-state index in [1.807, 2.05) is 6.07 Å². The van der Waals surface area contributed by atoms with E-state index >= 15 is 0 Å². The van der Waals surface area contributed by atoms with Crippen molar-refractivity contribution in [3.63, 3.8) is 0 Å². The SMILES string of the molecule is CNCOc1c2cc(c3c1O[C@H](O)CC3)CC[C@@H](O)CC(=O)CCc1ccc(O)c(OC)c1C#CC2. The van der Waals surface area contributed by atoms with Crippen LogP contribution in [0.3, 0.4) is 0 Å². The Balaban J connectivity index is 1.84. The van der Waals surface area contributed by atoms with Crippen LogP contribution in [0.5, 0.6) is 23.0 Å². The largest absolute Gasteiger partial charge is 0.504 e. The summed E-state index contributed by atoms with van der Waals surface area (Å²) in [4.78, 5) is 12.6. The van der Waals surface area contributed by atoms with Crippen molar-refractivity contribution < 1.29 is 34.3 Å². The second kappa shape index (κ2) is 11.7. The lowest BCUT2D eigenvalue weighted by atomic mass is 9.91. The Morgan fingerprint density at radius 3 is 2.69 bits per heavy atom. The summed E-state index contributed by atoms with van der Waals surface area (Å²) in [5, 5.41) is 34.1. The number of hydrogen-bond donors (Lipinski definition) is 4. The molecule has 8 heteroatoms. The monoisotopic (exact) mass is 495 g/mol. The van der Waals surface area contributed by atoms with Crippen molar-refractivity contribution in [1.29, 1.82) is 0 Å². The Morgan fingerprint density at radius 2 is 1.92 bits per heavy atom. The number of carbonyl (C=O) groups excluding carboxylic acids is 1. The summed E-state index contributed by atoms with van der Waals surface area (Å²) in [5.74, 6) is 7.56. The van der Waals surface area contributed by atoms with Gasteiger partial charge < -0.3 is 29.5 Å². The van der Waals surface area contributed by atoms with E-state index in [4.69, 9.17) is 14.2 Å². The number of hydrogen-bond acceptors (Lipinski definition) is 8. The topological polar surface area (TPSA) is 117 Å². The number of aryl methyl sites for hydroxylation is 2.